The topological polar surface area (TPSA) is 109 Å². The summed E-state index contributed by atoms with van der Waals surface area (Å²) in [4.78, 5) is 17.9. The maximum absolute atomic E-state index is 12.1. The fourth-order valence-electron chi connectivity index (χ4n) is 2.38. The van der Waals surface area contributed by atoms with E-state index >= 15 is 0 Å². The summed E-state index contributed by atoms with van der Waals surface area (Å²) < 4.78 is 25.7. The Balaban J connectivity index is 2.10. The van der Waals surface area contributed by atoms with E-state index in [0.717, 1.165) is 6.42 Å². The molecule has 7 nitrogen and oxygen atoms in total. The van der Waals surface area contributed by atoms with Crippen LogP contribution in [0.5, 0.6) is 0 Å². The Labute approximate surface area is 118 Å². The standard InChI is InChI=1S/C12H20N4O3S/c1-2-3-6-20(18,19)16-5-4-9(8-16)10-7-11(17)15-12(13)14-10/h7,9H,2-6,8H2,1H3,(H3,13,14,15,17). The van der Waals surface area contributed by atoms with Crippen molar-refractivity contribution in [2.24, 2.45) is 0 Å². The summed E-state index contributed by atoms with van der Waals surface area (Å²) in [5, 5.41) is 0. The molecule has 8 heteroatoms. The highest BCUT2D eigenvalue weighted by molar-refractivity contribution is 7.89. The predicted octanol–water partition coefficient (Wildman–Crippen LogP) is 0.271. The maximum Gasteiger partial charge on any atom is 0.252 e. The van der Waals surface area contributed by atoms with Gasteiger partial charge in [0.2, 0.25) is 16.0 Å². The third kappa shape index (κ3) is 3.37. The Hall–Kier alpha value is -1.41. The van der Waals surface area contributed by atoms with Gasteiger partial charge in [-0.2, -0.15) is 0 Å². The van der Waals surface area contributed by atoms with E-state index in [1.54, 1.807) is 0 Å². The van der Waals surface area contributed by atoms with Crippen molar-refractivity contribution in [3.8, 4) is 0 Å². The molecule has 2 rings (SSSR count). The number of hydrogen-bond donors (Lipinski definition) is 2. The first-order valence-corrected chi connectivity index (χ1v) is 8.38. The number of nitrogens with zero attached hydrogens (tertiary/aromatic N) is 2. The van der Waals surface area contributed by atoms with Crippen LogP contribution in [-0.2, 0) is 10.0 Å². The lowest BCUT2D eigenvalue weighted by Gasteiger charge is -2.16. The average Bonchev–Trinajstić information content (AvgIpc) is 2.85. The average molecular weight is 300 g/mol. The van der Waals surface area contributed by atoms with Crippen LogP contribution in [0.1, 0.15) is 37.8 Å². The van der Waals surface area contributed by atoms with Gasteiger partial charge in [-0.25, -0.2) is 17.7 Å². The third-order valence-corrected chi connectivity index (χ3v) is 5.42. The summed E-state index contributed by atoms with van der Waals surface area (Å²) in [6.45, 7) is 2.82. The first-order valence-electron chi connectivity index (χ1n) is 6.77. The number of sulfonamides is 1. The van der Waals surface area contributed by atoms with E-state index in [2.05, 4.69) is 9.97 Å². The summed E-state index contributed by atoms with van der Waals surface area (Å²) in [6, 6.07) is 1.39. The Kier molecular flexibility index (Phi) is 4.44. The van der Waals surface area contributed by atoms with Gasteiger partial charge in [-0.3, -0.25) is 9.78 Å². The molecule has 0 radical (unpaired) electrons. The molecule has 1 aliphatic heterocycles. The normalized spacial score (nSPS) is 20.4. The van der Waals surface area contributed by atoms with Crippen molar-refractivity contribution in [2.45, 2.75) is 32.1 Å². The van der Waals surface area contributed by atoms with Crippen LogP contribution in [0.25, 0.3) is 0 Å². The molecular weight excluding hydrogens is 280 g/mol. The molecule has 20 heavy (non-hydrogen) atoms. The van der Waals surface area contributed by atoms with Crippen molar-refractivity contribution in [2.75, 3.05) is 24.6 Å². The number of nitrogens with one attached hydrogen (secondary N) is 1. The minimum absolute atomic E-state index is 0.0593. The molecule has 3 N–H and O–H groups in total. The van der Waals surface area contributed by atoms with Crippen molar-refractivity contribution < 1.29 is 8.42 Å². The number of hydrogen-bond acceptors (Lipinski definition) is 5. The van der Waals surface area contributed by atoms with Gasteiger partial charge in [0.1, 0.15) is 0 Å². The van der Waals surface area contributed by atoms with Gasteiger partial charge in [-0.15, -0.1) is 0 Å². The van der Waals surface area contributed by atoms with Crippen LogP contribution in [0.4, 0.5) is 5.95 Å². The first kappa shape index (κ1) is 15.0. The zero-order valence-electron chi connectivity index (χ0n) is 11.5. The van der Waals surface area contributed by atoms with E-state index in [4.69, 9.17) is 5.73 Å². The monoisotopic (exact) mass is 300 g/mol. The Morgan fingerprint density at radius 3 is 2.95 bits per heavy atom. The highest BCUT2D eigenvalue weighted by atomic mass is 32.2. The van der Waals surface area contributed by atoms with Gasteiger partial charge in [-0.1, -0.05) is 13.3 Å². The minimum atomic E-state index is -3.19. The summed E-state index contributed by atoms with van der Waals surface area (Å²) in [5.41, 5.74) is 5.78. The largest absolute Gasteiger partial charge is 0.369 e. The van der Waals surface area contributed by atoms with E-state index in [0.29, 0.717) is 31.6 Å². The maximum atomic E-state index is 12.1. The van der Waals surface area contributed by atoms with Crippen molar-refractivity contribution in [3.05, 3.63) is 22.1 Å². The van der Waals surface area contributed by atoms with Gasteiger partial charge >= 0.3 is 0 Å². The second-order valence-electron chi connectivity index (χ2n) is 5.07. The number of aromatic amines is 1. The van der Waals surface area contributed by atoms with Crippen LogP contribution in [0.15, 0.2) is 10.9 Å². The zero-order chi connectivity index (χ0) is 14.8. The number of aromatic nitrogens is 2. The zero-order valence-corrected chi connectivity index (χ0v) is 12.3. The number of nitrogen functional groups attached to an aromatic ring is 1. The van der Waals surface area contributed by atoms with Crippen molar-refractivity contribution >= 4 is 16.0 Å². The van der Waals surface area contributed by atoms with Crippen LogP contribution in [0.3, 0.4) is 0 Å². The minimum Gasteiger partial charge on any atom is -0.369 e. The highest BCUT2D eigenvalue weighted by Crippen LogP contribution is 2.27. The number of H-pyrrole nitrogens is 1. The van der Waals surface area contributed by atoms with E-state index < -0.39 is 10.0 Å². The highest BCUT2D eigenvalue weighted by Gasteiger charge is 2.32. The van der Waals surface area contributed by atoms with E-state index in [-0.39, 0.29) is 23.2 Å². The molecule has 1 saturated heterocycles. The second-order valence-corrected chi connectivity index (χ2v) is 7.16. The van der Waals surface area contributed by atoms with Crippen molar-refractivity contribution in [1.29, 1.82) is 0 Å². The van der Waals surface area contributed by atoms with Gasteiger partial charge in [0, 0.05) is 25.1 Å². The van der Waals surface area contributed by atoms with Gasteiger partial charge < -0.3 is 5.73 Å². The number of rotatable bonds is 5. The van der Waals surface area contributed by atoms with E-state index in [9.17, 15) is 13.2 Å². The summed E-state index contributed by atoms with van der Waals surface area (Å²) >= 11 is 0. The van der Waals surface area contributed by atoms with Crippen LogP contribution in [0.2, 0.25) is 0 Å². The van der Waals surface area contributed by atoms with Crippen LogP contribution >= 0.6 is 0 Å². The Bertz CT molecular complexity index is 626. The second kappa shape index (κ2) is 5.92. The molecule has 0 spiro atoms. The predicted molar refractivity (Wildman–Crippen MR) is 76.9 cm³/mol. The number of nitrogens with two attached hydrogens (primary N) is 1. The molecule has 0 bridgehead atoms. The van der Waals surface area contributed by atoms with Crippen LogP contribution < -0.4 is 11.3 Å². The fraction of sp³-hybridized carbons (Fsp3) is 0.667. The SMILES string of the molecule is CCCCS(=O)(=O)N1CCC(c2cc(=O)[nH]c(N)n2)C1. The van der Waals surface area contributed by atoms with Gasteiger partial charge in [0.25, 0.3) is 5.56 Å². The molecule has 1 fully saturated rings. The van der Waals surface area contributed by atoms with Crippen molar-refractivity contribution in [3.63, 3.8) is 0 Å². The summed E-state index contributed by atoms with van der Waals surface area (Å²) in [7, 11) is -3.19. The Morgan fingerprint density at radius 1 is 1.55 bits per heavy atom. The molecule has 1 atom stereocenters. The van der Waals surface area contributed by atoms with Crippen LogP contribution in [-0.4, -0.2) is 41.5 Å². The van der Waals surface area contributed by atoms with Crippen molar-refractivity contribution in [1.82, 2.24) is 14.3 Å². The molecule has 1 aromatic rings. The molecule has 2 heterocycles. The molecule has 0 saturated carbocycles. The quantitative estimate of drug-likeness (QED) is 0.811. The molecule has 1 aliphatic rings. The number of unbranched alkanes of at least 4 members (excludes halogenated alkanes) is 1. The molecule has 0 aromatic carbocycles. The lowest BCUT2D eigenvalue weighted by atomic mass is 10.1. The molecule has 0 amide bonds. The number of anilines is 1. The Morgan fingerprint density at radius 2 is 2.30 bits per heavy atom. The first-order chi connectivity index (χ1) is 9.42. The fourth-order valence-corrected chi connectivity index (χ4v) is 4.09. The molecule has 112 valence electrons. The summed E-state index contributed by atoms with van der Waals surface area (Å²) in [6.07, 6.45) is 2.18. The lowest BCUT2D eigenvalue weighted by molar-refractivity contribution is 0.470. The molecule has 1 unspecified atom stereocenters. The molecule has 0 aliphatic carbocycles. The summed E-state index contributed by atoms with van der Waals surface area (Å²) in [5.74, 6) is 0.192. The van der Waals surface area contributed by atoms with Crippen LogP contribution in [0, 0.1) is 0 Å². The van der Waals surface area contributed by atoms with E-state index in [1.807, 2.05) is 6.92 Å². The molecule has 1 aromatic heterocycles. The molecular formula is C12H20N4O3S. The van der Waals surface area contributed by atoms with E-state index in [1.165, 1.54) is 10.4 Å². The van der Waals surface area contributed by atoms with Gasteiger partial charge in [-0.05, 0) is 12.8 Å². The lowest BCUT2D eigenvalue weighted by Crippen LogP contribution is -2.31. The van der Waals surface area contributed by atoms with Gasteiger partial charge in [0.05, 0.1) is 11.4 Å². The third-order valence-electron chi connectivity index (χ3n) is 3.50. The smallest absolute Gasteiger partial charge is 0.252 e. The van der Waals surface area contributed by atoms with Gasteiger partial charge in [0.15, 0.2) is 0 Å².